The molecule has 0 aliphatic carbocycles. The van der Waals surface area contributed by atoms with E-state index in [1.54, 1.807) is 18.3 Å². The Hall–Kier alpha value is -2.31. The highest BCUT2D eigenvalue weighted by molar-refractivity contribution is 7.17. The monoisotopic (exact) mass is 378 g/mol. The first-order chi connectivity index (χ1) is 11.5. The van der Waals surface area contributed by atoms with Crippen molar-refractivity contribution >= 4 is 45.6 Å². The molecule has 25 heavy (non-hydrogen) atoms. The number of Topliss-reactive ketones (excluding diaryl/α,β-unsaturated/α-hetero) is 1. The van der Waals surface area contributed by atoms with Gasteiger partial charge in [-0.3, -0.25) is 4.79 Å². The van der Waals surface area contributed by atoms with Crippen LogP contribution in [0.3, 0.4) is 0 Å². The van der Waals surface area contributed by atoms with Gasteiger partial charge in [0.15, 0.2) is 5.78 Å². The first-order valence-electron chi connectivity index (χ1n) is 7.48. The molecule has 1 aromatic carbocycles. The minimum atomic E-state index is -0.536. The predicted octanol–water partition coefficient (Wildman–Crippen LogP) is 3.22. The van der Waals surface area contributed by atoms with Gasteiger partial charge in [0.2, 0.25) is 0 Å². The third kappa shape index (κ3) is 3.15. The lowest BCUT2D eigenvalue weighted by atomic mass is 9.80. The first kappa shape index (κ1) is 19.0. The van der Waals surface area contributed by atoms with Crippen LogP contribution in [0.1, 0.15) is 25.3 Å². The fourth-order valence-electron chi connectivity index (χ4n) is 3.19. The van der Waals surface area contributed by atoms with Gasteiger partial charge in [0.25, 0.3) is 0 Å². The lowest BCUT2D eigenvalue weighted by molar-refractivity contribution is -0.136. The molecule has 132 valence electrons. The van der Waals surface area contributed by atoms with Gasteiger partial charge in [-0.2, -0.15) is 0 Å². The number of esters is 1. The van der Waals surface area contributed by atoms with Crippen molar-refractivity contribution in [3.05, 3.63) is 57.9 Å². The summed E-state index contributed by atoms with van der Waals surface area (Å²) in [7, 11) is 1.31. The number of methoxy groups -OCH3 is 1. The Morgan fingerprint density at radius 3 is 2.56 bits per heavy atom. The second-order valence-electron chi connectivity index (χ2n) is 5.66. The van der Waals surface area contributed by atoms with Gasteiger partial charge < -0.3 is 15.8 Å². The summed E-state index contributed by atoms with van der Waals surface area (Å²) >= 11 is 1.58. The highest BCUT2D eigenvalue weighted by Gasteiger charge is 2.37. The third-order valence-corrected chi connectivity index (χ3v) is 5.18. The Labute approximate surface area is 155 Å². The van der Waals surface area contributed by atoms with E-state index >= 15 is 0 Å². The summed E-state index contributed by atoms with van der Waals surface area (Å²) in [5.74, 6) is -0.947. The fraction of sp³-hybridized carbons (Fsp3) is 0.222. The molecule has 3 rings (SSSR count). The normalized spacial score (nSPS) is 17.2. The molecule has 1 unspecified atom stereocenters. The number of nitrogens with one attached hydrogen (secondary N) is 1. The molecule has 2 heterocycles. The standard InChI is InChI=1S/C18H18N2O3S.ClH/c1-9-14(10(2)21)15(16(17(19)20-9)18(22)23-3)12-8-24-13-7-5-4-6-11(12)13;/h4-8,15,20H,19H2,1-3H3;1H. The van der Waals surface area contributed by atoms with E-state index in [0.717, 1.165) is 15.6 Å². The molecule has 1 aromatic heterocycles. The number of halogens is 1. The molecule has 1 aliphatic heterocycles. The van der Waals surface area contributed by atoms with Gasteiger partial charge in [-0.25, -0.2) is 4.79 Å². The van der Waals surface area contributed by atoms with E-state index in [1.165, 1.54) is 14.0 Å². The molecule has 1 aliphatic rings. The van der Waals surface area contributed by atoms with Gasteiger partial charge in [0.1, 0.15) is 5.82 Å². The number of fused-ring (bicyclic) bond motifs is 1. The van der Waals surface area contributed by atoms with E-state index < -0.39 is 11.9 Å². The number of dihydropyridines is 1. The Morgan fingerprint density at radius 1 is 1.24 bits per heavy atom. The molecule has 1 atom stereocenters. The molecule has 0 spiro atoms. The van der Waals surface area contributed by atoms with Crippen molar-refractivity contribution in [3.8, 4) is 0 Å². The number of hydrogen-bond acceptors (Lipinski definition) is 6. The minimum absolute atomic E-state index is 0. The Kier molecular flexibility index (Phi) is 5.55. The summed E-state index contributed by atoms with van der Waals surface area (Å²) in [6.07, 6.45) is 0. The molecule has 0 saturated heterocycles. The van der Waals surface area contributed by atoms with Gasteiger partial charge in [-0.15, -0.1) is 23.7 Å². The van der Waals surface area contributed by atoms with Crippen LogP contribution in [0, 0.1) is 0 Å². The Bertz CT molecular complexity index is 914. The van der Waals surface area contributed by atoms with Gasteiger partial charge in [0.05, 0.1) is 18.6 Å². The molecular weight excluding hydrogens is 360 g/mol. The number of nitrogens with two attached hydrogens (primary N) is 1. The zero-order valence-electron chi connectivity index (χ0n) is 14.1. The van der Waals surface area contributed by atoms with Crippen LogP contribution in [-0.2, 0) is 14.3 Å². The number of thiophene rings is 1. The average molecular weight is 379 g/mol. The summed E-state index contributed by atoms with van der Waals surface area (Å²) in [5.41, 5.74) is 8.44. The predicted molar refractivity (Wildman–Crippen MR) is 102 cm³/mol. The number of carbonyl (C=O) groups excluding carboxylic acids is 2. The summed E-state index contributed by atoms with van der Waals surface area (Å²) in [6.45, 7) is 3.29. The van der Waals surface area contributed by atoms with Crippen LogP contribution in [-0.4, -0.2) is 18.9 Å². The van der Waals surface area contributed by atoms with Crippen LogP contribution < -0.4 is 11.1 Å². The molecule has 7 heteroatoms. The highest BCUT2D eigenvalue weighted by Crippen LogP contribution is 2.42. The second-order valence-corrected chi connectivity index (χ2v) is 6.57. The minimum Gasteiger partial charge on any atom is -0.466 e. The SMILES string of the molecule is COC(=O)C1=C(N)NC(C)=C(C(C)=O)C1c1csc2ccccc12.Cl. The van der Waals surface area contributed by atoms with E-state index in [1.807, 2.05) is 29.6 Å². The maximum absolute atomic E-state index is 12.4. The lowest BCUT2D eigenvalue weighted by Gasteiger charge is -2.29. The number of ether oxygens (including phenoxy) is 1. The average Bonchev–Trinajstić information content (AvgIpc) is 2.96. The maximum Gasteiger partial charge on any atom is 0.338 e. The smallest absolute Gasteiger partial charge is 0.338 e. The topological polar surface area (TPSA) is 81.4 Å². The van der Waals surface area contributed by atoms with Crippen molar-refractivity contribution in [1.82, 2.24) is 5.32 Å². The van der Waals surface area contributed by atoms with Gasteiger partial charge in [-0.1, -0.05) is 18.2 Å². The van der Waals surface area contributed by atoms with Crippen molar-refractivity contribution < 1.29 is 14.3 Å². The van der Waals surface area contributed by atoms with Crippen LogP contribution in [0.4, 0.5) is 0 Å². The van der Waals surface area contributed by atoms with Crippen molar-refractivity contribution in [2.75, 3.05) is 7.11 Å². The highest BCUT2D eigenvalue weighted by atomic mass is 35.5. The van der Waals surface area contributed by atoms with Crippen LogP contribution >= 0.6 is 23.7 Å². The molecule has 2 aromatic rings. The van der Waals surface area contributed by atoms with Crippen molar-refractivity contribution in [3.63, 3.8) is 0 Å². The second kappa shape index (κ2) is 7.29. The van der Waals surface area contributed by atoms with E-state index in [-0.39, 0.29) is 29.6 Å². The van der Waals surface area contributed by atoms with Crippen LogP contribution in [0.25, 0.3) is 10.1 Å². The summed E-state index contributed by atoms with van der Waals surface area (Å²) in [6, 6.07) is 7.90. The number of ketones is 1. The van der Waals surface area contributed by atoms with Gasteiger partial charge in [-0.05, 0) is 36.2 Å². The summed E-state index contributed by atoms with van der Waals surface area (Å²) < 4.78 is 6.01. The van der Waals surface area contributed by atoms with Crippen LogP contribution in [0.2, 0.25) is 0 Å². The summed E-state index contributed by atoms with van der Waals surface area (Å²) in [4.78, 5) is 24.7. The van der Waals surface area contributed by atoms with Crippen molar-refractivity contribution in [2.45, 2.75) is 19.8 Å². The third-order valence-electron chi connectivity index (χ3n) is 4.20. The fourth-order valence-corrected chi connectivity index (χ4v) is 4.18. The molecular formula is C18H19ClN2O3S. The largest absolute Gasteiger partial charge is 0.466 e. The lowest BCUT2D eigenvalue weighted by Crippen LogP contribution is -2.35. The summed E-state index contributed by atoms with van der Waals surface area (Å²) in [5, 5.41) is 5.92. The maximum atomic E-state index is 12.4. The quantitative estimate of drug-likeness (QED) is 0.801. The number of rotatable bonds is 3. The van der Waals surface area contributed by atoms with Gasteiger partial charge in [0, 0.05) is 16.0 Å². The van der Waals surface area contributed by atoms with Crippen LogP contribution in [0.5, 0.6) is 0 Å². The molecule has 0 amide bonds. The van der Waals surface area contributed by atoms with Crippen LogP contribution in [0.15, 0.2) is 52.3 Å². The molecule has 3 N–H and O–H groups in total. The van der Waals surface area contributed by atoms with Crippen molar-refractivity contribution in [2.24, 2.45) is 5.73 Å². The zero-order valence-corrected chi connectivity index (χ0v) is 15.7. The van der Waals surface area contributed by atoms with Crippen molar-refractivity contribution in [1.29, 1.82) is 0 Å². The van der Waals surface area contributed by atoms with E-state index in [4.69, 9.17) is 10.5 Å². The number of benzene rings is 1. The zero-order chi connectivity index (χ0) is 17.4. The Balaban J connectivity index is 0.00000225. The van der Waals surface area contributed by atoms with E-state index in [2.05, 4.69) is 5.32 Å². The molecule has 0 saturated carbocycles. The number of allylic oxidation sites excluding steroid dienone is 2. The molecule has 0 radical (unpaired) electrons. The van der Waals surface area contributed by atoms with E-state index in [0.29, 0.717) is 11.3 Å². The molecule has 0 fully saturated rings. The first-order valence-corrected chi connectivity index (χ1v) is 8.36. The Morgan fingerprint density at radius 2 is 1.92 bits per heavy atom. The molecule has 5 nitrogen and oxygen atoms in total. The van der Waals surface area contributed by atoms with E-state index in [9.17, 15) is 9.59 Å². The molecule has 0 bridgehead atoms. The van der Waals surface area contributed by atoms with Gasteiger partial charge >= 0.3 is 5.97 Å². The number of hydrogen-bond donors (Lipinski definition) is 2. The number of carbonyl (C=O) groups is 2.